The molecule has 1 aliphatic heterocycles. The number of hydrogen-bond donors (Lipinski definition) is 0. The van der Waals surface area contributed by atoms with Gasteiger partial charge in [0, 0.05) is 20.1 Å². The van der Waals surface area contributed by atoms with Gasteiger partial charge >= 0.3 is 6.03 Å². The lowest BCUT2D eigenvalue weighted by molar-refractivity contribution is 0.202. The van der Waals surface area contributed by atoms with Crippen LogP contribution < -0.4 is 0 Å². The van der Waals surface area contributed by atoms with Gasteiger partial charge in [-0.25, -0.2) is 4.79 Å². The SMILES string of the molecule is CCN(CC)CC#CCN1CCN(C)C1=O. The maximum Gasteiger partial charge on any atom is 0.320 e. The molecule has 0 N–H and O–H groups in total. The second kappa shape index (κ2) is 6.39. The zero-order valence-corrected chi connectivity index (χ0v) is 10.5. The normalized spacial score (nSPS) is 15.6. The van der Waals surface area contributed by atoms with Crippen LogP contribution in [0.1, 0.15) is 13.8 Å². The number of rotatable bonds is 4. The third-order valence-electron chi connectivity index (χ3n) is 2.89. The molecule has 0 radical (unpaired) electrons. The minimum atomic E-state index is 0.0946. The zero-order chi connectivity index (χ0) is 12.0. The number of nitrogens with zero attached hydrogens (tertiary/aromatic N) is 3. The molecule has 0 atom stereocenters. The van der Waals surface area contributed by atoms with Crippen molar-refractivity contribution in [1.82, 2.24) is 14.7 Å². The molecule has 2 amide bonds. The first kappa shape index (κ1) is 12.9. The van der Waals surface area contributed by atoms with Gasteiger partial charge in [-0.2, -0.15) is 0 Å². The Kier molecular flexibility index (Phi) is 5.13. The van der Waals surface area contributed by atoms with Crippen molar-refractivity contribution < 1.29 is 4.79 Å². The highest BCUT2D eigenvalue weighted by Crippen LogP contribution is 2.04. The molecule has 0 aromatic rings. The van der Waals surface area contributed by atoms with E-state index in [-0.39, 0.29) is 6.03 Å². The van der Waals surface area contributed by atoms with Gasteiger partial charge < -0.3 is 9.80 Å². The smallest absolute Gasteiger partial charge is 0.320 e. The molecule has 1 aliphatic rings. The predicted octanol–water partition coefficient (Wildman–Crippen LogP) is 0.699. The van der Waals surface area contributed by atoms with Gasteiger partial charge in [0.05, 0.1) is 13.1 Å². The van der Waals surface area contributed by atoms with Gasteiger partial charge in [0.1, 0.15) is 0 Å². The van der Waals surface area contributed by atoms with Gasteiger partial charge in [-0.1, -0.05) is 25.7 Å². The first-order chi connectivity index (χ1) is 7.69. The summed E-state index contributed by atoms with van der Waals surface area (Å²) in [6.07, 6.45) is 0. The van der Waals surface area contributed by atoms with E-state index >= 15 is 0 Å². The second-order valence-corrected chi connectivity index (χ2v) is 3.94. The van der Waals surface area contributed by atoms with Crippen LogP contribution in [0.5, 0.6) is 0 Å². The van der Waals surface area contributed by atoms with Gasteiger partial charge in [-0.05, 0) is 13.1 Å². The summed E-state index contributed by atoms with van der Waals surface area (Å²) in [6, 6.07) is 0.0946. The van der Waals surface area contributed by atoms with E-state index in [0.29, 0.717) is 6.54 Å². The average molecular weight is 223 g/mol. The molecule has 0 unspecified atom stereocenters. The zero-order valence-electron chi connectivity index (χ0n) is 10.5. The molecule has 0 aliphatic carbocycles. The summed E-state index contributed by atoms with van der Waals surface area (Å²) in [6.45, 7) is 9.28. The molecule has 4 heteroatoms. The van der Waals surface area contributed by atoms with E-state index in [9.17, 15) is 4.79 Å². The molecule has 0 bridgehead atoms. The van der Waals surface area contributed by atoms with Gasteiger partial charge in [-0.3, -0.25) is 4.90 Å². The number of urea groups is 1. The summed E-state index contributed by atoms with van der Waals surface area (Å²) in [5.41, 5.74) is 0. The van der Waals surface area contributed by atoms with Crippen molar-refractivity contribution in [2.24, 2.45) is 0 Å². The summed E-state index contributed by atoms with van der Waals surface area (Å²) in [7, 11) is 1.83. The molecule has 4 nitrogen and oxygen atoms in total. The average Bonchev–Trinajstić information content (AvgIpc) is 2.61. The Balaban J connectivity index is 2.29. The van der Waals surface area contributed by atoms with Crippen LogP contribution >= 0.6 is 0 Å². The Labute approximate surface area is 98.2 Å². The molecular formula is C12H21N3O. The summed E-state index contributed by atoms with van der Waals surface area (Å²) in [5, 5.41) is 0. The van der Waals surface area contributed by atoms with Crippen molar-refractivity contribution >= 4 is 6.03 Å². The lowest BCUT2D eigenvalue weighted by atomic mass is 10.4. The monoisotopic (exact) mass is 223 g/mol. The Hall–Kier alpha value is -1.21. The predicted molar refractivity (Wildman–Crippen MR) is 65.2 cm³/mol. The van der Waals surface area contributed by atoms with Crippen LogP contribution in [0.2, 0.25) is 0 Å². The number of carbonyl (C=O) groups excluding carboxylic acids is 1. The fraction of sp³-hybridized carbons (Fsp3) is 0.750. The molecule has 1 saturated heterocycles. The van der Waals surface area contributed by atoms with Gasteiger partial charge in [0.2, 0.25) is 0 Å². The largest absolute Gasteiger partial charge is 0.326 e. The van der Waals surface area contributed by atoms with Crippen LogP contribution in [0.4, 0.5) is 4.79 Å². The van der Waals surface area contributed by atoms with Crippen LogP contribution in [0.3, 0.4) is 0 Å². The lowest BCUT2D eigenvalue weighted by Crippen LogP contribution is -2.29. The molecule has 0 spiro atoms. The van der Waals surface area contributed by atoms with E-state index < -0.39 is 0 Å². The maximum atomic E-state index is 11.5. The molecule has 1 heterocycles. The fourth-order valence-corrected chi connectivity index (χ4v) is 1.62. The van der Waals surface area contributed by atoms with E-state index in [1.54, 1.807) is 9.80 Å². The highest BCUT2D eigenvalue weighted by molar-refractivity contribution is 5.76. The minimum absolute atomic E-state index is 0.0946. The standard InChI is InChI=1S/C12H21N3O/c1-4-14(5-2)8-6-7-9-15-11-10-13(3)12(15)16/h4-5,8-11H2,1-3H3. The maximum absolute atomic E-state index is 11.5. The topological polar surface area (TPSA) is 26.8 Å². The van der Waals surface area contributed by atoms with Gasteiger partial charge in [-0.15, -0.1) is 0 Å². The molecule has 1 fully saturated rings. The van der Waals surface area contributed by atoms with E-state index in [0.717, 1.165) is 32.7 Å². The van der Waals surface area contributed by atoms with Crippen molar-refractivity contribution in [3.63, 3.8) is 0 Å². The van der Waals surface area contributed by atoms with Crippen molar-refractivity contribution in [3.8, 4) is 11.8 Å². The van der Waals surface area contributed by atoms with Crippen molar-refractivity contribution in [2.45, 2.75) is 13.8 Å². The highest BCUT2D eigenvalue weighted by Gasteiger charge is 2.23. The first-order valence-electron chi connectivity index (χ1n) is 5.87. The van der Waals surface area contributed by atoms with E-state index in [1.807, 2.05) is 7.05 Å². The fourth-order valence-electron chi connectivity index (χ4n) is 1.62. The highest BCUT2D eigenvalue weighted by atomic mass is 16.2. The summed E-state index contributed by atoms with van der Waals surface area (Å²) in [4.78, 5) is 17.3. The van der Waals surface area contributed by atoms with Crippen molar-refractivity contribution in [1.29, 1.82) is 0 Å². The van der Waals surface area contributed by atoms with Gasteiger partial charge in [0.15, 0.2) is 0 Å². The molecule has 1 rings (SSSR count). The summed E-state index contributed by atoms with van der Waals surface area (Å²) in [5.74, 6) is 6.18. The third kappa shape index (κ3) is 3.42. The third-order valence-corrected chi connectivity index (χ3v) is 2.89. The number of likely N-dealkylation sites (N-methyl/N-ethyl adjacent to an activating group) is 1. The van der Waals surface area contributed by atoms with Crippen LogP contribution in [-0.4, -0.2) is 67.0 Å². The number of hydrogen-bond acceptors (Lipinski definition) is 2. The van der Waals surface area contributed by atoms with Crippen LogP contribution in [0.25, 0.3) is 0 Å². The second-order valence-electron chi connectivity index (χ2n) is 3.94. The Morgan fingerprint density at radius 1 is 1.25 bits per heavy atom. The molecule has 0 aromatic heterocycles. The van der Waals surface area contributed by atoms with Crippen LogP contribution in [-0.2, 0) is 0 Å². The minimum Gasteiger partial charge on any atom is -0.326 e. The lowest BCUT2D eigenvalue weighted by Gasteiger charge is -2.14. The molecule has 90 valence electrons. The number of carbonyl (C=O) groups is 1. The first-order valence-corrected chi connectivity index (χ1v) is 5.87. The summed E-state index contributed by atoms with van der Waals surface area (Å²) < 4.78 is 0. The quantitative estimate of drug-likeness (QED) is 0.656. The van der Waals surface area contributed by atoms with E-state index in [1.165, 1.54) is 0 Å². The Morgan fingerprint density at radius 2 is 1.94 bits per heavy atom. The Bertz CT molecular complexity index is 288. The van der Waals surface area contributed by atoms with E-state index in [4.69, 9.17) is 0 Å². The van der Waals surface area contributed by atoms with Crippen molar-refractivity contribution in [2.75, 3.05) is 46.3 Å². The van der Waals surface area contributed by atoms with Gasteiger partial charge in [0.25, 0.3) is 0 Å². The Morgan fingerprint density at radius 3 is 2.44 bits per heavy atom. The molecular weight excluding hydrogens is 202 g/mol. The van der Waals surface area contributed by atoms with Crippen molar-refractivity contribution in [3.05, 3.63) is 0 Å². The van der Waals surface area contributed by atoms with Crippen LogP contribution in [0.15, 0.2) is 0 Å². The molecule has 0 saturated carbocycles. The van der Waals surface area contributed by atoms with Crippen LogP contribution in [0, 0.1) is 11.8 Å². The molecule has 0 aromatic carbocycles. The summed E-state index contributed by atoms with van der Waals surface area (Å²) >= 11 is 0. The number of amides is 2. The van der Waals surface area contributed by atoms with E-state index in [2.05, 4.69) is 30.6 Å². The molecule has 16 heavy (non-hydrogen) atoms.